The summed E-state index contributed by atoms with van der Waals surface area (Å²) in [5.74, 6) is 0.190. The maximum atomic E-state index is 9.84. The van der Waals surface area contributed by atoms with E-state index in [1.54, 1.807) is 0 Å². The van der Waals surface area contributed by atoms with Gasteiger partial charge in [-0.25, -0.2) is 0 Å². The number of nitro groups is 1. The van der Waals surface area contributed by atoms with Crippen LogP contribution in [0.25, 0.3) is 0 Å². The molecule has 0 saturated heterocycles. The first-order valence-electron chi connectivity index (χ1n) is 2.91. The Balaban J connectivity index is 0. The fraction of sp³-hybridized carbons (Fsp3) is 1.00. The first-order chi connectivity index (χ1) is 4.04. The number of nitrogens with two attached hydrogens (primary N) is 1. The SMILES string of the molecule is CC(C)C(N)C[N+](=O)[O-].Cl. The van der Waals surface area contributed by atoms with E-state index in [-0.39, 0.29) is 35.8 Å². The summed E-state index contributed by atoms with van der Waals surface area (Å²) in [6.07, 6.45) is 0. The molecule has 4 nitrogen and oxygen atoms in total. The Morgan fingerprint density at radius 2 is 2.00 bits per heavy atom. The van der Waals surface area contributed by atoms with E-state index in [4.69, 9.17) is 5.73 Å². The summed E-state index contributed by atoms with van der Waals surface area (Å²) in [5.41, 5.74) is 5.38. The summed E-state index contributed by atoms with van der Waals surface area (Å²) < 4.78 is 0. The molecule has 10 heavy (non-hydrogen) atoms. The van der Waals surface area contributed by atoms with E-state index in [1.807, 2.05) is 13.8 Å². The Bertz CT molecular complexity index is 108. The Labute approximate surface area is 66.3 Å². The zero-order chi connectivity index (χ0) is 7.44. The van der Waals surface area contributed by atoms with Crippen molar-refractivity contribution in [3.63, 3.8) is 0 Å². The second-order valence-electron chi connectivity index (χ2n) is 2.42. The minimum absolute atomic E-state index is 0. The monoisotopic (exact) mass is 168 g/mol. The van der Waals surface area contributed by atoms with Crippen LogP contribution in [0.3, 0.4) is 0 Å². The molecule has 0 bridgehead atoms. The van der Waals surface area contributed by atoms with Gasteiger partial charge < -0.3 is 5.73 Å². The number of hydrogen-bond donors (Lipinski definition) is 1. The van der Waals surface area contributed by atoms with Crippen molar-refractivity contribution in [2.75, 3.05) is 6.54 Å². The van der Waals surface area contributed by atoms with Gasteiger partial charge in [-0.3, -0.25) is 10.1 Å². The predicted molar refractivity (Wildman–Crippen MR) is 41.9 cm³/mol. The van der Waals surface area contributed by atoms with Gasteiger partial charge in [0.1, 0.15) is 0 Å². The molecule has 0 heterocycles. The van der Waals surface area contributed by atoms with Crippen LogP contribution in [0.2, 0.25) is 0 Å². The van der Waals surface area contributed by atoms with Crippen molar-refractivity contribution in [3.05, 3.63) is 10.1 Å². The van der Waals surface area contributed by atoms with Gasteiger partial charge in [0.05, 0.1) is 6.04 Å². The molecular formula is C5H13ClN2O2. The average molecular weight is 169 g/mol. The molecule has 0 saturated carbocycles. The molecular weight excluding hydrogens is 156 g/mol. The Hall–Kier alpha value is -0.350. The lowest BCUT2D eigenvalue weighted by molar-refractivity contribution is -0.483. The van der Waals surface area contributed by atoms with Crippen LogP contribution in [0.1, 0.15) is 13.8 Å². The van der Waals surface area contributed by atoms with Crippen molar-refractivity contribution in [1.29, 1.82) is 0 Å². The first-order valence-corrected chi connectivity index (χ1v) is 2.91. The highest BCUT2D eigenvalue weighted by atomic mass is 35.5. The van der Waals surface area contributed by atoms with Gasteiger partial charge in [0.25, 0.3) is 0 Å². The van der Waals surface area contributed by atoms with Gasteiger partial charge in [0, 0.05) is 4.92 Å². The van der Waals surface area contributed by atoms with Crippen LogP contribution in [-0.2, 0) is 0 Å². The van der Waals surface area contributed by atoms with Crippen LogP contribution in [-0.4, -0.2) is 17.5 Å². The summed E-state index contributed by atoms with van der Waals surface area (Å²) in [6.45, 7) is 3.61. The molecule has 1 atom stereocenters. The molecule has 0 radical (unpaired) electrons. The third-order valence-electron chi connectivity index (χ3n) is 1.22. The summed E-state index contributed by atoms with van der Waals surface area (Å²) in [6, 6.07) is -0.306. The summed E-state index contributed by atoms with van der Waals surface area (Å²) >= 11 is 0. The van der Waals surface area contributed by atoms with Crippen molar-refractivity contribution in [1.82, 2.24) is 0 Å². The minimum atomic E-state index is -0.384. The van der Waals surface area contributed by atoms with E-state index in [0.717, 1.165) is 0 Å². The van der Waals surface area contributed by atoms with E-state index in [1.165, 1.54) is 0 Å². The van der Waals surface area contributed by atoms with Crippen molar-refractivity contribution in [3.8, 4) is 0 Å². The van der Waals surface area contributed by atoms with Gasteiger partial charge in [-0.05, 0) is 5.92 Å². The van der Waals surface area contributed by atoms with Gasteiger partial charge in [0.15, 0.2) is 0 Å². The zero-order valence-corrected chi connectivity index (χ0v) is 6.93. The van der Waals surface area contributed by atoms with Gasteiger partial charge >= 0.3 is 0 Å². The van der Waals surface area contributed by atoms with E-state index >= 15 is 0 Å². The van der Waals surface area contributed by atoms with Crippen LogP contribution in [0, 0.1) is 16.0 Å². The van der Waals surface area contributed by atoms with Gasteiger partial charge in [-0.15, -0.1) is 12.4 Å². The molecule has 0 amide bonds. The molecule has 1 unspecified atom stereocenters. The van der Waals surface area contributed by atoms with Crippen LogP contribution in [0.4, 0.5) is 0 Å². The third kappa shape index (κ3) is 5.78. The number of rotatable bonds is 3. The highest BCUT2D eigenvalue weighted by Gasteiger charge is 2.12. The molecule has 0 aliphatic heterocycles. The third-order valence-corrected chi connectivity index (χ3v) is 1.22. The summed E-state index contributed by atoms with van der Waals surface area (Å²) in [4.78, 5) is 9.46. The van der Waals surface area contributed by atoms with E-state index in [2.05, 4.69) is 0 Å². The molecule has 0 aliphatic carbocycles. The number of halogens is 1. The lowest BCUT2D eigenvalue weighted by atomic mass is 10.1. The Morgan fingerprint density at radius 3 is 2.10 bits per heavy atom. The topological polar surface area (TPSA) is 69.2 Å². The second kappa shape index (κ2) is 5.44. The second-order valence-corrected chi connectivity index (χ2v) is 2.42. The zero-order valence-electron chi connectivity index (χ0n) is 6.11. The molecule has 0 spiro atoms. The van der Waals surface area contributed by atoms with Crippen LogP contribution in [0.5, 0.6) is 0 Å². The standard InChI is InChI=1S/C5H12N2O2.ClH/c1-4(2)5(6)3-7(8)9;/h4-5H,3,6H2,1-2H3;1H. The molecule has 0 aromatic carbocycles. The lowest BCUT2D eigenvalue weighted by Gasteiger charge is -2.08. The average Bonchev–Trinajstić information content (AvgIpc) is 1.63. The maximum absolute atomic E-state index is 9.84. The molecule has 62 valence electrons. The van der Waals surface area contributed by atoms with Crippen molar-refractivity contribution in [2.45, 2.75) is 19.9 Å². The first kappa shape index (κ1) is 12.3. The Kier molecular flexibility index (Phi) is 6.71. The molecule has 0 aliphatic rings. The summed E-state index contributed by atoms with van der Waals surface area (Å²) in [7, 11) is 0. The number of nitrogens with zero attached hydrogens (tertiary/aromatic N) is 1. The maximum Gasteiger partial charge on any atom is 0.219 e. The predicted octanol–water partition coefficient (Wildman–Crippen LogP) is 0.668. The Morgan fingerprint density at radius 1 is 1.60 bits per heavy atom. The van der Waals surface area contributed by atoms with E-state index < -0.39 is 0 Å². The largest absolute Gasteiger partial charge is 0.322 e. The van der Waals surface area contributed by atoms with E-state index in [0.29, 0.717) is 0 Å². The van der Waals surface area contributed by atoms with Crippen LogP contribution >= 0.6 is 12.4 Å². The highest BCUT2D eigenvalue weighted by Crippen LogP contribution is 1.96. The normalized spacial score (nSPS) is 12.4. The smallest absolute Gasteiger partial charge is 0.219 e. The number of hydrogen-bond acceptors (Lipinski definition) is 3. The molecule has 0 fully saturated rings. The fourth-order valence-electron chi connectivity index (χ4n) is 0.383. The van der Waals surface area contributed by atoms with E-state index in [9.17, 15) is 10.1 Å². The molecule has 0 rings (SSSR count). The quantitative estimate of drug-likeness (QED) is 0.498. The molecule has 0 aromatic rings. The van der Waals surface area contributed by atoms with Gasteiger partial charge in [-0.1, -0.05) is 13.8 Å². The van der Waals surface area contributed by atoms with Gasteiger partial charge in [-0.2, -0.15) is 0 Å². The van der Waals surface area contributed by atoms with Crippen molar-refractivity contribution >= 4 is 12.4 Å². The molecule has 5 heteroatoms. The lowest BCUT2D eigenvalue weighted by Crippen LogP contribution is -2.33. The minimum Gasteiger partial charge on any atom is -0.322 e. The fourth-order valence-corrected chi connectivity index (χ4v) is 0.383. The van der Waals surface area contributed by atoms with Crippen molar-refractivity contribution in [2.24, 2.45) is 11.7 Å². The van der Waals surface area contributed by atoms with Crippen LogP contribution < -0.4 is 5.73 Å². The van der Waals surface area contributed by atoms with Crippen LogP contribution in [0.15, 0.2) is 0 Å². The molecule has 0 aromatic heterocycles. The van der Waals surface area contributed by atoms with Gasteiger partial charge in [0.2, 0.25) is 6.54 Å². The molecule has 2 N–H and O–H groups in total. The van der Waals surface area contributed by atoms with Crippen molar-refractivity contribution < 1.29 is 4.92 Å². The highest BCUT2D eigenvalue weighted by molar-refractivity contribution is 5.85. The summed E-state index contributed by atoms with van der Waals surface area (Å²) in [5, 5.41) is 9.84.